The van der Waals surface area contributed by atoms with E-state index < -0.39 is 17.1 Å². The number of ether oxygens (including phenoxy) is 1. The molecule has 4 aliphatic carbocycles. The molecule has 0 aromatic heterocycles. The van der Waals surface area contributed by atoms with Gasteiger partial charge < -0.3 is 14.9 Å². The van der Waals surface area contributed by atoms with E-state index in [2.05, 4.69) is 27.4 Å². The fourth-order valence-corrected chi connectivity index (χ4v) is 7.96. The number of aliphatic hydroxyl groups excluding tert-OH is 1. The molecule has 0 bridgehead atoms. The van der Waals surface area contributed by atoms with Crippen LogP contribution in [0.3, 0.4) is 0 Å². The molecule has 5 rings (SSSR count). The quantitative estimate of drug-likeness (QED) is 0.669. The smallest absolute Gasteiger partial charge is 0.178 e. The van der Waals surface area contributed by atoms with E-state index in [9.17, 15) is 15.0 Å². The van der Waals surface area contributed by atoms with Gasteiger partial charge in [-0.2, -0.15) is 0 Å². The number of fused-ring (bicyclic) bond motifs is 5. The molecule has 0 radical (unpaired) electrons. The first-order chi connectivity index (χ1) is 15.1. The van der Waals surface area contributed by atoms with Crippen molar-refractivity contribution >= 4 is 5.78 Å². The van der Waals surface area contributed by atoms with Crippen molar-refractivity contribution in [2.45, 2.75) is 58.2 Å². The Morgan fingerprint density at radius 1 is 1.22 bits per heavy atom. The van der Waals surface area contributed by atoms with Gasteiger partial charge in [0.05, 0.1) is 6.10 Å². The van der Waals surface area contributed by atoms with E-state index in [0.717, 1.165) is 24.8 Å². The molecule has 8 atom stereocenters. The zero-order chi connectivity index (χ0) is 22.9. The van der Waals surface area contributed by atoms with Gasteiger partial charge in [-0.25, -0.2) is 0 Å². The Labute approximate surface area is 190 Å². The fourth-order valence-electron chi connectivity index (χ4n) is 7.96. The molecule has 0 amide bonds. The zero-order valence-electron chi connectivity index (χ0n) is 19.3. The Bertz CT molecular complexity index is 1010. The van der Waals surface area contributed by atoms with Crippen LogP contribution in [0.5, 0.6) is 5.75 Å². The van der Waals surface area contributed by atoms with Crippen LogP contribution in [-0.4, -0.2) is 27.7 Å². The van der Waals surface area contributed by atoms with Gasteiger partial charge in [0, 0.05) is 16.7 Å². The number of hydrogen-bond acceptors (Lipinski definition) is 4. The van der Waals surface area contributed by atoms with Crippen molar-refractivity contribution in [1.82, 2.24) is 0 Å². The standard InChI is InChI=1S/C28H34O4/c1-17-14-23-22-11-10-19-15-20(29)12-13-26(19,3)25(22)24(30)16-27(23,4)28(17,31)18(2)32-21-8-6-5-7-9-21/h5-9,12-13,15,17,22-25,30-31H,2,10-11,14,16H2,1,3-4H3/t17-,22-,23-,24-,25+,26-,27-,28-/m0/s1. The summed E-state index contributed by atoms with van der Waals surface area (Å²) >= 11 is 0. The van der Waals surface area contributed by atoms with Gasteiger partial charge in [-0.1, -0.05) is 57.2 Å². The summed E-state index contributed by atoms with van der Waals surface area (Å²) in [7, 11) is 0. The average Bonchev–Trinajstić information content (AvgIpc) is 2.96. The maximum atomic E-state index is 12.2. The van der Waals surface area contributed by atoms with Crippen LogP contribution in [-0.2, 0) is 4.79 Å². The number of ketones is 1. The highest BCUT2D eigenvalue weighted by atomic mass is 16.5. The molecule has 4 heteroatoms. The summed E-state index contributed by atoms with van der Waals surface area (Å²) in [6.45, 7) is 10.6. The van der Waals surface area contributed by atoms with E-state index in [0.29, 0.717) is 17.9 Å². The van der Waals surface area contributed by atoms with Crippen molar-refractivity contribution in [1.29, 1.82) is 0 Å². The molecule has 170 valence electrons. The van der Waals surface area contributed by atoms with Gasteiger partial charge in [0.2, 0.25) is 0 Å². The van der Waals surface area contributed by atoms with Crippen LogP contribution in [0, 0.1) is 34.5 Å². The highest BCUT2D eigenvalue weighted by Crippen LogP contribution is 2.69. The summed E-state index contributed by atoms with van der Waals surface area (Å²) in [5.41, 5.74) is -0.925. The third-order valence-electron chi connectivity index (χ3n) is 9.49. The average molecular weight is 435 g/mol. The highest BCUT2D eigenvalue weighted by Gasteiger charge is 2.69. The minimum absolute atomic E-state index is 0.0344. The van der Waals surface area contributed by atoms with Gasteiger partial charge in [0.1, 0.15) is 17.1 Å². The molecule has 3 fully saturated rings. The van der Waals surface area contributed by atoms with Gasteiger partial charge in [0.25, 0.3) is 0 Å². The first kappa shape index (κ1) is 21.7. The predicted octanol–water partition coefficient (Wildman–Crippen LogP) is 4.83. The molecule has 4 nitrogen and oxygen atoms in total. The summed E-state index contributed by atoms with van der Waals surface area (Å²) in [5.74, 6) is 1.61. The van der Waals surface area contributed by atoms with Crippen molar-refractivity contribution in [3.8, 4) is 5.75 Å². The molecule has 0 saturated heterocycles. The molecule has 3 saturated carbocycles. The molecule has 1 aromatic carbocycles. The summed E-state index contributed by atoms with van der Waals surface area (Å²) < 4.78 is 6.09. The van der Waals surface area contributed by atoms with Crippen molar-refractivity contribution in [2.24, 2.45) is 34.5 Å². The zero-order valence-corrected chi connectivity index (χ0v) is 19.3. The number of allylic oxidation sites excluding steroid dienone is 4. The summed E-state index contributed by atoms with van der Waals surface area (Å²) in [4.78, 5) is 12.0. The molecular weight excluding hydrogens is 400 g/mol. The second-order valence-electron chi connectivity index (χ2n) is 11.0. The highest BCUT2D eigenvalue weighted by molar-refractivity contribution is 6.01. The van der Waals surface area contributed by atoms with Crippen molar-refractivity contribution in [3.63, 3.8) is 0 Å². The fraction of sp³-hybridized carbons (Fsp3) is 0.536. The van der Waals surface area contributed by atoms with Crippen LogP contribution in [0.15, 0.2) is 66.5 Å². The van der Waals surface area contributed by atoms with Crippen molar-refractivity contribution < 1.29 is 19.7 Å². The van der Waals surface area contributed by atoms with Gasteiger partial charge in [-0.05, 0) is 67.7 Å². The number of carbonyl (C=O) groups is 1. The van der Waals surface area contributed by atoms with E-state index in [-0.39, 0.29) is 34.9 Å². The molecule has 4 aliphatic rings. The number of carbonyl (C=O) groups excluding carboxylic acids is 1. The second-order valence-corrected chi connectivity index (χ2v) is 11.0. The Hall–Kier alpha value is -2.17. The van der Waals surface area contributed by atoms with Crippen molar-refractivity contribution in [3.05, 3.63) is 66.5 Å². The summed E-state index contributed by atoms with van der Waals surface area (Å²) in [6, 6.07) is 9.47. The predicted molar refractivity (Wildman–Crippen MR) is 124 cm³/mol. The normalized spacial score (nSPS) is 44.8. The maximum absolute atomic E-state index is 12.2. The van der Waals surface area contributed by atoms with Gasteiger partial charge in [-0.15, -0.1) is 0 Å². The maximum Gasteiger partial charge on any atom is 0.178 e. The molecule has 2 N–H and O–H groups in total. The first-order valence-electron chi connectivity index (χ1n) is 11.9. The van der Waals surface area contributed by atoms with Crippen LogP contribution in [0.4, 0.5) is 0 Å². The third-order valence-corrected chi connectivity index (χ3v) is 9.49. The Morgan fingerprint density at radius 3 is 2.66 bits per heavy atom. The molecule has 0 heterocycles. The van der Waals surface area contributed by atoms with Crippen LogP contribution in [0.1, 0.15) is 46.5 Å². The van der Waals surface area contributed by atoms with Crippen molar-refractivity contribution in [2.75, 3.05) is 0 Å². The number of hydrogen-bond donors (Lipinski definition) is 2. The number of aliphatic hydroxyl groups is 2. The third kappa shape index (κ3) is 2.78. The lowest BCUT2D eigenvalue weighted by molar-refractivity contribution is -0.164. The second kappa shape index (κ2) is 7.16. The molecular formula is C28H34O4. The van der Waals surface area contributed by atoms with Crippen LogP contribution >= 0.6 is 0 Å². The Morgan fingerprint density at radius 2 is 1.94 bits per heavy atom. The Kier molecular flexibility index (Phi) is 4.85. The minimum Gasteiger partial charge on any atom is -0.459 e. The summed E-state index contributed by atoms with van der Waals surface area (Å²) in [5, 5.41) is 23.7. The van der Waals surface area contributed by atoms with E-state index in [1.54, 1.807) is 12.2 Å². The largest absolute Gasteiger partial charge is 0.459 e. The van der Waals surface area contributed by atoms with E-state index in [4.69, 9.17) is 4.74 Å². The lowest BCUT2D eigenvalue weighted by Crippen LogP contribution is -2.60. The lowest BCUT2D eigenvalue weighted by atomic mass is 9.46. The van der Waals surface area contributed by atoms with E-state index in [1.807, 2.05) is 36.4 Å². The SMILES string of the molecule is C=C(Oc1ccccc1)[C@@]1(O)[C@@H](C)C[C@H]2[C@@H]3CCC4=CC(=O)C=C[C@]4(C)[C@H]3[C@@H](O)C[C@@]21C. The van der Waals surface area contributed by atoms with Crippen LogP contribution in [0.25, 0.3) is 0 Å². The molecule has 0 aliphatic heterocycles. The number of benzene rings is 1. The van der Waals surface area contributed by atoms with Crippen LogP contribution in [0.2, 0.25) is 0 Å². The van der Waals surface area contributed by atoms with E-state index >= 15 is 0 Å². The van der Waals surface area contributed by atoms with Gasteiger partial charge >= 0.3 is 0 Å². The Balaban J connectivity index is 1.50. The molecule has 0 unspecified atom stereocenters. The van der Waals surface area contributed by atoms with Gasteiger partial charge in [-0.3, -0.25) is 4.79 Å². The topological polar surface area (TPSA) is 66.8 Å². The number of rotatable bonds is 3. The van der Waals surface area contributed by atoms with Gasteiger partial charge in [0.15, 0.2) is 5.78 Å². The summed E-state index contributed by atoms with van der Waals surface area (Å²) in [6.07, 6.45) is 8.04. The van der Waals surface area contributed by atoms with Crippen LogP contribution < -0.4 is 4.74 Å². The molecule has 32 heavy (non-hydrogen) atoms. The van der Waals surface area contributed by atoms with E-state index in [1.165, 1.54) is 0 Å². The molecule has 0 spiro atoms. The lowest BCUT2D eigenvalue weighted by Gasteiger charge is -2.60. The monoisotopic (exact) mass is 434 g/mol. The minimum atomic E-state index is -1.23. The molecule has 1 aromatic rings. The number of para-hydroxylation sites is 1. The first-order valence-corrected chi connectivity index (χ1v) is 11.9.